The Morgan fingerprint density at radius 2 is 1.33 bits per heavy atom. The Hall–Kier alpha value is -0.776. The minimum Gasteiger partial charge on any atom is -0.150 e. The van der Waals surface area contributed by atoms with Crippen molar-refractivity contribution in [3.05, 3.63) is 59.2 Å². The van der Waals surface area contributed by atoms with Crippen LogP contribution in [0.4, 0.5) is 0 Å². The van der Waals surface area contributed by atoms with Gasteiger partial charge in [0.2, 0.25) is 0 Å². The Morgan fingerprint density at radius 1 is 0.833 bits per heavy atom. The average molecular weight is 372 g/mol. The highest BCUT2D eigenvalue weighted by molar-refractivity contribution is 8.33. The van der Waals surface area contributed by atoms with Crippen LogP contribution in [0.2, 0.25) is 18.1 Å². The molecule has 0 saturated heterocycles. The first-order chi connectivity index (χ1) is 11.5. The van der Waals surface area contributed by atoms with Crippen LogP contribution in [0.3, 0.4) is 0 Å². The number of rotatable bonds is 7. The Kier molecular flexibility index (Phi) is 6.96. The molecule has 0 aliphatic heterocycles. The monoisotopic (exact) mass is 371 g/mol. The van der Waals surface area contributed by atoms with Crippen LogP contribution < -0.4 is 5.19 Å². The van der Waals surface area contributed by atoms with Crippen LogP contribution in [0.1, 0.15) is 37.5 Å². The molecule has 1 radical (unpaired) electrons. The van der Waals surface area contributed by atoms with Crippen LogP contribution in [0, 0.1) is 20.8 Å². The van der Waals surface area contributed by atoms with Crippen molar-refractivity contribution < 1.29 is 0 Å². The van der Waals surface area contributed by atoms with Crippen LogP contribution in [-0.2, 0) is 0 Å². The van der Waals surface area contributed by atoms with E-state index in [2.05, 4.69) is 95.2 Å². The molecule has 0 heterocycles. The van der Waals surface area contributed by atoms with Gasteiger partial charge in [-0.15, -0.1) is 0 Å². The van der Waals surface area contributed by atoms with Crippen molar-refractivity contribution in [2.75, 3.05) is 0 Å². The van der Waals surface area contributed by atoms with Crippen LogP contribution in [0.25, 0.3) is 0 Å². The molecule has 0 atom stereocenters. The van der Waals surface area contributed by atoms with Crippen molar-refractivity contribution in [3.8, 4) is 0 Å². The molecule has 3 heteroatoms. The molecule has 2 aromatic rings. The lowest BCUT2D eigenvalue weighted by Crippen LogP contribution is -2.56. The van der Waals surface area contributed by atoms with Gasteiger partial charge in [0.1, 0.15) is 0 Å². The number of aryl methyl sites for hydroxylation is 3. The second-order valence-corrected chi connectivity index (χ2v) is 21.0. The zero-order chi connectivity index (χ0) is 17.7. The van der Waals surface area contributed by atoms with Gasteiger partial charge >= 0.3 is 0 Å². The maximum atomic E-state index is 2.45. The third kappa shape index (κ3) is 4.06. The molecule has 0 amide bonds. The highest BCUT2D eigenvalue weighted by Crippen LogP contribution is 2.34. The van der Waals surface area contributed by atoms with E-state index in [-0.39, 0.29) is 0 Å². The molecule has 0 spiro atoms. The standard InChI is InChI=1S/C21H31SSi2/c1-7-24(8-2,9-3)23(22-20-13-11-10-12-14-20)21-18(5)15-17(4)16-19(21)6/h10-16H,7-9H2,1-6H3. The van der Waals surface area contributed by atoms with Gasteiger partial charge < -0.3 is 0 Å². The number of benzene rings is 2. The molecular weight excluding hydrogens is 340 g/mol. The SMILES string of the molecule is CC[Si](CC)(CC)[Si](Sc1ccccc1)c1c(C)cc(C)cc1C. The second kappa shape index (κ2) is 8.55. The molecule has 129 valence electrons. The first kappa shape index (κ1) is 19.5. The maximum absolute atomic E-state index is 2.45. The van der Waals surface area contributed by atoms with E-state index in [0.29, 0.717) is 0 Å². The Morgan fingerprint density at radius 3 is 1.79 bits per heavy atom. The molecule has 0 nitrogen and oxygen atoms in total. The highest BCUT2D eigenvalue weighted by atomic mass is 32.4. The molecular formula is C21H31SSi2. The van der Waals surface area contributed by atoms with E-state index in [1.807, 2.05) is 0 Å². The van der Waals surface area contributed by atoms with Crippen molar-refractivity contribution in [2.45, 2.75) is 64.6 Å². The van der Waals surface area contributed by atoms with Gasteiger partial charge in [0.15, 0.2) is 7.46 Å². The summed E-state index contributed by atoms with van der Waals surface area (Å²) in [6, 6.07) is 20.1. The summed E-state index contributed by atoms with van der Waals surface area (Å²) in [6.45, 7) is 14.3. The van der Waals surface area contributed by atoms with Gasteiger partial charge in [-0.2, -0.15) is 11.2 Å². The molecule has 0 bridgehead atoms. The van der Waals surface area contributed by atoms with Gasteiger partial charge in [0.05, 0.1) is 7.59 Å². The topological polar surface area (TPSA) is 0 Å². The van der Waals surface area contributed by atoms with Crippen molar-refractivity contribution in [1.29, 1.82) is 0 Å². The van der Waals surface area contributed by atoms with E-state index in [1.165, 1.54) is 39.7 Å². The second-order valence-electron chi connectivity index (χ2n) is 6.86. The summed E-state index contributed by atoms with van der Waals surface area (Å²) in [7, 11) is -1.93. The van der Waals surface area contributed by atoms with Crippen molar-refractivity contribution >= 4 is 31.5 Å². The zero-order valence-corrected chi connectivity index (χ0v) is 18.9. The zero-order valence-electron chi connectivity index (χ0n) is 16.1. The Labute approximate surface area is 155 Å². The Balaban J connectivity index is 2.59. The van der Waals surface area contributed by atoms with Crippen LogP contribution in [0.15, 0.2) is 47.4 Å². The highest BCUT2D eigenvalue weighted by Gasteiger charge is 2.41. The molecule has 2 rings (SSSR count). The molecule has 0 aliphatic rings. The predicted octanol–water partition coefficient (Wildman–Crippen LogP) is 6.19. The first-order valence-corrected chi connectivity index (χ1v) is 15.8. The molecule has 0 fully saturated rings. The minimum atomic E-state index is -1.29. The minimum absolute atomic E-state index is 0.646. The fourth-order valence-corrected chi connectivity index (χ4v) is 24.1. The van der Waals surface area contributed by atoms with Gasteiger partial charge in [-0.1, -0.05) is 85.9 Å². The fraction of sp³-hybridized carbons (Fsp3) is 0.429. The van der Waals surface area contributed by atoms with E-state index in [4.69, 9.17) is 0 Å². The number of hydrogen-bond donors (Lipinski definition) is 0. The number of hydrogen-bond acceptors (Lipinski definition) is 1. The maximum Gasteiger partial charge on any atom is 0.152 e. The summed E-state index contributed by atoms with van der Waals surface area (Å²) in [4.78, 5) is 1.46. The molecule has 0 saturated carbocycles. The van der Waals surface area contributed by atoms with Gasteiger partial charge in [-0.05, 0) is 38.1 Å². The van der Waals surface area contributed by atoms with Crippen LogP contribution in [0.5, 0.6) is 0 Å². The third-order valence-electron chi connectivity index (χ3n) is 5.38. The van der Waals surface area contributed by atoms with E-state index in [1.54, 1.807) is 5.19 Å². The molecule has 2 aromatic carbocycles. The molecule has 24 heavy (non-hydrogen) atoms. The third-order valence-corrected chi connectivity index (χ3v) is 25.9. The fourth-order valence-electron chi connectivity index (χ4n) is 3.80. The summed E-state index contributed by atoms with van der Waals surface area (Å²) in [5.41, 5.74) is 4.45. The summed E-state index contributed by atoms with van der Waals surface area (Å²) in [6.07, 6.45) is 0. The summed E-state index contributed by atoms with van der Waals surface area (Å²) < 4.78 is 0. The van der Waals surface area contributed by atoms with Crippen molar-refractivity contribution in [1.82, 2.24) is 0 Å². The van der Waals surface area contributed by atoms with E-state index >= 15 is 0 Å². The largest absolute Gasteiger partial charge is 0.152 e. The van der Waals surface area contributed by atoms with Gasteiger partial charge in [0.25, 0.3) is 0 Å². The van der Waals surface area contributed by atoms with Gasteiger partial charge in [-0.25, -0.2) is 0 Å². The smallest absolute Gasteiger partial charge is 0.150 e. The Bertz CT molecular complexity index is 632. The molecule has 0 aliphatic carbocycles. The van der Waals surface area contributed by atoms with Gasteiger partial charge in [-0.3, -0.25) is 0 Å². The lowest BCUT2D eigenvalue weighted by Gasteiger charge is -2.37. The van der Waals surface area contributed by atoms with Gasteiger partial charge in [0, 0.05) is 4.90 Å². The quantitative estimate of drug-likeness (QED) is 0.523. The first-order valence-electron chi connectivity index (χ1n) is 9.16. The van der Waals surface area contributed by atoms with E-state index in [0.717, 1.165) is 0 Å². The van der Waals surface area contributed by atoms with Crippen LogP contribution >= 0.6 is 11.2 Å². The molecule has 0 aromatic heterocycles. The lowest BCUT2D eigenvalue weighted by molar-refractivity contribution is 1.21. The van der Waals surface area contributed by atoms with Crippen LogP contribution in [-0.4, -0.2) is 15.1 Å². The van der Waals surface area contributed by atoms with E-state index in [9.17, 15) is 0 Å². The predicted molar refractivity (Wildman–Crippen MR) is 116 cm³/mol. The summed E-state index contributed by atoms with van der Waals surface area (Å²) >= 11 is 2.22. The van der Waals surface area contributed by atoms with Crippen molar-refractivity contribution in [2.24, 2.45) is 0 Å². The lowest BCUT2D eigenvalue weighted by atomic mass is 10.1. The summed E-state index contributed by atoms with van der Waals surface area (Å²) in [5, 5.41) is 1.72. The average Bonchev–Trinajstić information content (AvgIpc) is 2.57. The van der Waals surface area contributed by atoms with Crippen molar-refractivity contribution in [3.63, 3.8) is 0 Å². The molecule has 0 N–H and O–H groups in total. The molecule has 0 unspecified atom stereocenters. The summed E-state index contributed by atoms with van der Waals surface area (Å²) in [5.74, 6) is 0. The normalized spacial score (nSPS) is 12.0. The van der Waals surface area contributed by atoms with E-state index < -0.39 is 15.1 Å².